The van der Waals surface area contributed by atoms with Crippen molar-refractivity contribution in [1.82, 2.24) is 24.6 Å². The molecule has 0 bridgehead atoms. The second-order valence-corrected chi connectivity index (χ2v) is 8.91. The van der Waals surface area contributed by atoms with E-state index in [9.17, 15) is 14.7 Å². The Hall–Kier alpha value is -4.18. The standard InChI is InChI=1S/C26H27N5O5/c1-35-18-8-9-21(36-2)19(14-18)24(32)30-12-10-26(34,11-13-30)16-31-23(17-6-4-3-5-7-17)28-22-20(25(31)33)15-27-29-22/h3-9,14-15,34H,10-13,16H2,1-2H3,(H,27,29). The van der Waals surface area contributed by atoms with Crippen molar-refractivity contribution in [3.8, 4) is 22.9 Å². The Bertz CT molecular complexity index is 1450. The minimum Gasteiger partial charge on any atom is -0.497 e. The molecule has 5 rings (SSSR count). The van der Waals surface area contributed by atoms with Crippen molar-refractivity contribution in [2.24, 2.45) is 0 Å². The summed E-state index contributed by atoms with van der Waals surface area (Å²) in [7, 11) is 3.05. The minimum atomic E-state index is -1.19. The van der Waals surface area contributed by atoms with Crippen LogP contribution in [0.25, 0.3) is 22.4 Å². The topological polar surface area (TPSA) is 123 Å². The first-order chi connectivity index (χ1) is 17.4. The molecule has 36 heavy (non-hydrogen) atoms. The molecule has 186 valence electrons. The smallest absolute Gasteiger partial charge is 0.265 e. The first kappa shape index (κ1) is 23.6. The first-order valence-electron chi connectivity index (χ1n) is 11.7. The third-order valence-electron chi connectivity index (χ3n) is 6.67. The number of carbonyl (C=O) groups is 1. The SMILES string of the molecule is COc1ccc(OC)c(C(=O)N2CCC(O)(Cn3c(-c4ccccc4)nc4[nH]ncc4c3=O)CC2)c1. The number of hydrogen-bond donors (Lipinski definition) is 2. The maximum Gasteiger partial charge on any atom is 0.265 e. The number of H-pyrrole nitrogens is 1. The molecule has 0 saturated carbocycles. The maximum absolute atomic E-state index is 13.3. The Morgan fingerprint density at radius 3 is 2.56 bits per heavy atom. The fourth-order valence-corrected chi connectivity index (χ4v) is 4.61. The number of aliphatic hydroxyl groups is 1. The quantitative estimate of drug-likeness (QED) is 0.427. The van der Waals surface area contributed by atoms with E-state index < -0.39 is 5.60 Å². The van der Waals surface area contributed by atoms with Crippen LogP contribution in [0.2, 0.25) is 0 Å². The van der Waals surface area contributed by atoms with Gasteiger partial charge in [0.25, 0.3) is 11.5 Å². The molecule has 2 aromatic heterocycles. The molecule has 3 heterocycles. The highest BCUT2D eigenvalue weighted by molar-refractivity contribution is 5.97. The molecule has 4 aromatic rings. The number of likely N-dealkylation sites (tertiary alicyclic amines) is 1. The predicted molar refractivity (Wildman–Crippen MR) is 133 cm³/mol. The van der Waals surface area contributed by atoms with Crippen molar-refractivity contribution in [3.05, 3.63) is 70.6 Å². The van der Waals surface area contributed by atoms with Crippen LogP contribution in [0, 0.1) is 0 Å². The molecule has 1 aliphatic heterocycles. The van der Waals surface area contributed by atoms with E-state index >= 15 is 0 Å². The number of piperidine rings is 1. The lowest BCUT2D eigenvalue weighted by Crippen LogP contribution is -2.50. The van der Waals surface area contributed by atoms with Crippen molar-refractivity contribution in [2.45, 2.75) is 25.0 Å². The summed E-state index contributed by atoms with van der Waals surface area (Å²) in [5.41, 5.74) is 0.0872. The van der Waals surface area contributed by atoms with E-state index in [0.717, 1.165) is 5.56 Å². The zero-order valence-corrected chi connectivity index (χ0v) is 20.1. The summed E-state index contributed by atoms with van der Waals surface area (Å²) in [6.45, 7) is 0.702. The van der Waals surface area contributed by atoms with Gasteiger partial charge in [0.05, 0.1) is 38.1 Å². The highest BCUT2D eigenvalue weighted by Gasteiger charge is 2.36. The summed E-state index contributed by atoms with van der Waals surface area (Å²) >= 11 is 0. The van der Waals surface area contributed by atoms with Gasteiger partial charge in [-0.1, -0.05) is 30.3 Å². The average Bonchev–Trinajstić information content (AvgIpc) is 3.39. The van der Waals surface area contributed by atoms with E-state index in [1.54, 1.807) is 30.2 Å². The summed E-state index contributed by atoms with van der Waals surface area (Å²) in [5, 5.41) is 18.6. The van der Waals surface area contributed by atoms with Gasteiger partial charge in [0.1, 0.15) is 22.7 Å². The largest absolute Gasteiger partial charge is 0.497 e. The van der Waals surface area contributed by atoms with Gasteiger partial charge in [0.2, 0.25) is 0 Å². The van der Waals surface area contributed by atoms with Gasteiger partial charge < -0.3 is 19.5 Å². The highest BCUT2D eigenvalue weighted by atomic mass is 16.5. The maximum atomic E-state index is 13.3. The average molecular weight is 490 g/mol. The number of ether oxygens (including phenoxy) is 2. The molecule has 0 spiro atoms. The zero-order valence-electron chi connectivity index (χ0n) is 20.1. The molecule has 0 aliphatic carbocycles. The van der Waals surface area contributed by atoms with Crippen molar-refractivity contribution >= 4 is 16.9 Å². The van der Waals surface area contributed by atoms with Crippen LogP contribution in [0.4, 0.5) is 0 Å². The number of amides is 1. The monoisotopic (exact) mass is 489 g/mol. The molecular weight excluding hydrogens is 462 g/mol. The Balaban J connectivity index is 1.40. The van der Waals surface area contributed by atoms with Gasteiger partial charge >= 0.3 is 0 Å². The van der Waals surface area contributed by atoms with Crippen molar-refractivity contribution in [1.29, 1.82) is 0 Å². The molecule has 0 unspecified atom stereocenters. The number of hydrogen-bond acceptors (Lipinski definition) is 7. The first-order valence-corrected chi connectivity index (χ1v) is 11.7. The molecule has 10 nitrogen and oxygen atoms in total. The number of rotatable bonds is 6. The Kier molecular flexibility index (Phi) is 6.19. The lowest BCUT2D eigenvalue weighted by Gasteiger charge is -2.38. The summed E-state index contributed by atoms with van der Waals surface area (Å²) in [5.74, 6) is 1.27. The number of carbonyl (C=O) groups excluding carboxylic acids is 1. The summed E-state index contributed by atoms with van der Waals surface area (Å²) in [6.07, 6.45) is 2.05. The van der Waals surface area contributed by atoms with Crippen molar-refractivity contribution < 1.29 is 19.4 Å². The molecule has 1 saturated heterocycles. The van der Waals surface area contributed by atoms with Gasteiger partial charge in [-0.15, -0.1) is 0 Å². The zero-order chi connectivity index (χ0) is 25.3. The highest BCUT2D eigenvalue weighted by Crippen LogP contribution is 2.30. The number of methoxy groups -OCH3 is 2. The molecule has 1 aliphatic rings. The van der Waals surface area contributed by atoms with Crippen LogP contribution in [0.3, 0.4) is 0 Å². The Morgan fingerprint density at radius 2 is 1.86 bits per heavy atom. The molecule has 1 fully saturated rings. The lowest BCUT2D eigenvalue weighted by molar-refractivity contribution is -0.0296. The number of benzene rings is 2. The molecule has 0 atom stereocenters. The van der Waals surface area contributed by atoms with Crippen LogP contribution >= 0.6 is 0 Å². The lowest BCUT2D eigenvalue weighted by atomic mass is 9.90. The molecular formula is C26H27N5O5. The van der Waals surface area contributed by atoms with E-state index in [1.807, 2.05) is 30.3 Å². The number of fused-ring (bicyclic) bond motifs is 1. The van der Waals surface area contributed by atoms with E-state index in [2.05, 4.69) is 15.2 Å². The second-order valence-electron chi connectivity index (χ2n) is 8.91. The van der Waals surface area contributed by atoms with Gasteiger partial charge in [0.15, 0.2) is 5.65 Å². The van der Waals surface area contributed by atoms with Gasteiger partial charge in [0, 0.05) is 18.7 Å². The van der Waals surface area contributed by atoms with E-state index in [-0.39, 0.29) is 18.0 Å². The predicted octanol–water partition coefficient (Wildman–Crippen LogP) is 2.47. The van der Waals surface area contributed by atoms with Crippen LogP contribution in [0.1, 0.15) is 23.2 Å². The van der Waals surface area contributed by atoms with Crippen molar-refractivity contribution in [2.75, 3.05) is 27.3 Å². The number of nitrogens with zero attached hydrogens (tertiary/aromatic N) is 4. The van der Waals surface area contributed by atoms with Crippen LogP contribution in [0.5, 0.6) is 11.5 Å². The van der Waals surface area contributed by atoms with Gasteiger partial charge in [-0.05, 0) is 31.0 Å². The molecule has 2 aromatic carbocycles. The van der Waals surface area contributed by atoms with Gasteiger partial charge in [-0.3, -0.25) is 19.3 Å². The number of nitrogens with one attached hydrogen (secondary N) is 1. The Labute approximate surface area is 207 Å². The minimum absolute atomic E-state index is 0.0503. The number of aromatic amines is 1. The van der Waals surface area contributed by atoms with Crippen LogP contribution in [-0.4, -0.2) is 68.6 Å². The second kappa shape index (κ2) is 9.46. The summed E-state index contributed by atoms with van der Waals surface area (Å²) in [6, 6.07) is 14.4. The van der Waals surface area contributed by atoms with Crippen LogP contribution in [0.15, 0.2) is 59.5 Å². The third-order valence-corrected chi connectivity index (χ3v) is 6.67. The molecule has 2 N–H and O–H groups in total. The molecule has 0 radical (unpaired) electrons. The summed E-state index contributed by atoms with van der Waals surface area (Å²) in [4.78, 5) is 32.9. The fourth-order valence-electron chi connectivity index (χ4n) is 4.61. The van der Waals surface area contributed by atoms with Crippen LogP contribution in [-0.2, 0) is 6.54 Å². The molecule has 1 amide bonds. The van der Waals surface area contributed by atoms with Crippen LogP contribution < -0.4 is 15.0 Å². The normalized spacial score (nSPS) is 15.1. The van der Waals surface area contributed by atoms with Gasteiger partial charge in [-0.25, -0.2) is 4.98 Å². The summed E-state index contributed by atoms with van der Waals surface area (Å²) < 4.78 is 12.1. The van der Waals surface area contributed by atoms with Gasteiger partial charge in [-0.2, -0.15) is 5.10 Å². The number of aromatic nitrogens is 4. The van der Waals surface area contributed by atoms with E-state index in [0.29, 0.717) is 59.9 Å². The fraction of sp³-hybridized carbons (Fsp3) is 0.308. The molecule has 10 heteroatoms. The van der Waals surface area contributed by atoms with Crippen molar-refractivity contribution in [3.63, 3.8) is 0 Å². The third kappa shape index (κ3) is 4.31. The Morgan fingerprint density at radius 1 is 1.11 bits per heavy atom. The van der Waals surface area contributed by atoms with E-state index in [4.69, 9.17) is 9.47 Å². The van der Waals surface area contributed by atoms with E-state index in [1.165, 1.54) is 17.9 Å².